The van der Waals surface area contributed by atoms with E-state index in [0.29, 0.717) is 17.9 Å². The van der Waals surface area contributed by atoms with Gasteiger partial charge in [-0.15, -0.1) is 12.3 Å². The van der Waals surface area contributed by atoms with Gasteiger partial charge < -0.3 is 7.80 Å². The lowest BCUT2D eigenvalue weighted by Crippen LogP contribution is -2.07. The van der Waals surface area contributed by atoms with Crippen LogP contribution in [-0.4, -0.2) is 5.97 Å². The third kappa shape index (κ3) is 4.11. The molecule has 0 aromatic heterocycles. The number of ether oxygens (including phenoxy) is 1. The Bertz CT molecular complexity index is 421. The molecule has 0 spiro atoms. The standard InChI is InChI=1S/C12H11IO3/c1-3-4-5-12(14)15-10-6-9(2)7-11(8-10)16-13/h1,6-8H,4-5H2,2H3. The fourth-order valence-electron chi connectivity index (χ4n) is 1.17. The van der Waals surface area contributed by atoms with Crippen LogP contribution >= 0.6 is 23.0 Å². The van der Waals surface area contributed by atoms with Crippen LogP contribution in [0.2, 0.25) is 0 Å². The highest BCUT2D eigenvalue weighted by Crippen LogP contribution is 2.24. The van der Waals surface area contributed by atoms with Gasteiger partial charge >= 0.3 is 5.97 Å². The third-order valence-electron chi connectivity index (χ3n) is 1.82. The van der Waals surface area contributed by atoms with Crippen LogP contribution < -0.4 is 7.80 Å². The van der Waals surface area contributed by atoms with Crippen LogP contribution in [0.15, 0.2) is 18.2 Å². The van der Waals surface area contributed by atoms with Crippen molar-refractivity contribution in [1.82, 2.24) is 0 Å². The Kier molecular flexibility index (Phi) is 5.12. The number of hydrogen-bond acceptors (Lipinski definition) is 3. The molecule has 1 aromatic carbocycles. The van der Waals surface area contributed by atoms with Gasteiger partial charge in [-0.05, 0) is 24.6 Å². The molecule has 0 atom stereocenters. The number of terminal acetylenes is 1. The van der Waals surface area contributed by atoms with Gasteiger partial charge in [0.25, 0.3) is 0 Å². The van der Waals surface area contributed by atoms with Gasteiger partial charge in [0.1, 0.15) is 11.5 Å². The normalized spacial score (nSPS) is 9.31. The minimum absolute atomic E-state index is 0.227. The molecule has 0 radical (unpaired) electrons. The first-order valence-corrected chi connectivity index (χ1v) is 5.58. The van der Waals surface area contributed by atoms with Crippen LogP contribution in [0.1, 0.15) is 18.4 Å². The molecular formula is C12H11IO3. The van der Waals surface area contributed by atoms with Crippen molar-refractivity contribution in [2.75, 3.05) is 0 Å². The summed E-state index contributed by atoms with van der Waals surface area (Å²) in [5, 5.41) is 0. The second-order valence-electron chi connectivity index (χ2n) is 3.24. The molecule has 0 saturated heterocycles. The molecule has 4 heteroatoms. The molecule has 0 bridgehead atoms. The van der Waals surface area contributed by atoms with Crippen molar-refractivity contribution in [2.45, 2.75) is 19.8 Å². The molecule has 0 amide bonds. The van der Waals surface area contributed by atoms with Crippen molar-refractivity contribution in [1.29, 1.82) is 0 Å². The van der Waals surface area contributed by atoms with Gasteiger partial charge in [0.2, 0.25) is 0 Å². The summed E-state index contributed by atoms with van der Waals surface area (Å²) in [6.45, 7) is 1.90. The van der Waals surface area contributed by atoms with Gasteiger partial charge in [0, 0.05) is 12.5 Å². The molecule has 84 valence electrons. The lowest BCUT2D eigenvalue weighted by atomic mass is 10.2. The van der Waals surface area contributed by atoms with Gasteiger partial charge in [-0.3, -0.25) is 4.79 Å². The van der Waals surface area contributed by atoms with Gasteiger partial charge in [0.15, 0.2) is 23.0 Å². The first-order valence-electron chi connectivity index (χ1n) is 4.70. The molecule has 3 nitrogen and oxygen atoms in total. The fraction of sp³-hybridized carbons (Fsp3) is 0.250. The smallest absolute Gasteiger partial charge is 0.312 e. The van der Waals surface area contributed by atoms with E-state index in [9.17, 15) is 4.79 Å². The van der Waals surface area contributed by atoms with Crippen LogP contribution in [-0.2, 0) is 4.79 Å². The van der Waals surface area contributed by atoms with E-state index in [1.165, 1.54) is 0 Å². The van der Waals surface area contributed by atoms with Gasteiger partial charge in [0.05, 0.1) is 6.42 Å². The van der Waals surface area contributed by atoms with E-state index in [1.54, 1.807) is 35.1 Å². The van der Waals surface area contributed by atoms with Crippen molar-refractivity contribution in [2.24, 2.45) is 0 Å². The monoisotopic (exact) mass is 330 g/mol. The minimum Gasteiger partial charge on any atom is -0.428 e. The van der Waals surface area contributed by atoms with Crippen molar-refractivity contribution >= 4 is 29.0 Å². The SMILES string of the molecule is C#CCCC(=O)Oc1cc(C)cc(OI)c1. The second-order valence-corrected chi connectivity index (χ2v) is 3.68. The van der Waals surface area contributed by atoms with Crippen LogP contribution in [0.4, 0.5) is 0 Å². The maximum absolute atomic E-state index is 11.3. The number of hydrogen-bond donors (Lipinski definition) is 0. The zero-order valence-electron chi connectivity index (χ0n) is 8.83. The van der Waals surface area contributed by atoms with Gasteiger partial charge in [-0.2, -0.15) is 0 Å². The molecule has 16 heavy (non-hydrogen) atoms. The highest BCUT2D eigenvalue weighted by atomic mass is 127. The second kappa shape index (κ2) is 6.38. The quantitative estimate of drug-likeness (QED) is 0.368. The minimum atomic E-state index is -0.331. The lowest BCUT2D eigenvalue weighted by Gasteiger charge is -2.06. The predicted molar refractivity (Wildman–Crippen MR) is 69.5 cm³/mol. The van der Waals surface area contributed by atoms with Gasteiger partial charge in [-0.1, -0.05) is 0 Å². The number of carbonyl (C=O) groups excluding carboxylic acids is 1. The average Bonchev–Trinajstić information content (AvgIpc) is 2.25. The number of aryl methyl sites for hydroxylation is 1. The number of carbonyl (C=O) groups is 1. The van der Waals surface area contributed by atoms with Crippen LogP contribution in [0.5, 0.6) is 11.5 Å². The molecule has 0 saturated carbocycles. The summed E-state index contributed by atoms with van der Waals surface area (Å²) in [5.41, 5.74) is 0.967. The molecule has 0 heterocycles. The Hall–Kier alpha value is -1.22. The molecular weight excluding hydrogens is 319 g/mol. The summed E-state index contributed by atoms with van der Waals surface area (Å²) >= 11 is 1.78. The molecule has 1 rings (SSSR count). The summed E-state index contributed by atoms with van der Waals surface area (Å²) in [7, 11) is 0. The molecule has 0 aliphatic heterocycles. The van der Waals surface area contributed by atoms with Crippen molar-refractivity contribution in [3.8, 4) is 23.8 Å². The van der Waals surface area contributed by atoms with E-state index >= 15 is 0 Å². The molecule has 0 N–H and O–H groups in total. The summed E-state index contributed by atoms with van der Waals surface area (Å²) < 4.78 is 10.2. The zero-order chi connectivity index (χ0) is 12.0. The van der Waals surface area contributed by atoms with Crippen molar-refractivity contribution in [3.05, 3.63) is 23.8 Å². The summed E-state index contributed by atoms with van der Waals surface area (Å²) in [6, 6.07) is 5.28. The Balaban J connectivity index is 2.70. The fourth-order valence-corrected chi connectivity index (χ4v) is 1.43. The first kappa shape index (κ1) is 12.8. The highest BCUT2D eigenvalue weighted by Gasteiger charge is 2.06. The molecule has 0 unspecified atom stereocenters. The number of esters is 1. The Labute approximate surface area is 109 Å². The Morgan fingerprint density at radius 1 is 1.44 bits per heavy atom. The maximum Gasteiger partial charge on any atom is 0.312 e. The van der Waals surface area contributed by atoms with E-state index in [-0.39, 0.29) is 12.4 Å². The van der Waals surface area contributed by atoms with Crippen LogP contribution in [0, 0.1) is 19.3 Å². The molecule has 1 aromatic rings. The molecule has 0 aliphatic rings. The number of halogens is 1. The van der Waals surface area contributed by atoms with Crippen molar-refractivity contribution < 1.29 is 12.6 Å². The summed E-state index contributed by atoms with van der Waals surface area (Å²) in [6.07, 6.45) is 5.68. The van der Waals surface area contributed by atoms with Crippen molar-refractivity contribution in [3.63, 3.8) is 0 Å². The maximum atomic E-state index is 11.3. The third-order valence-corrected chi connectivity index (χ3v) is 2.33. The first-order chi connectivity index (χ1) is 7.65. The van der Waals surface area contributed by atoms with E-state index in [4.69, 9.17) is 14.2 Å². The Morgan fingerprint density at radius 2 is 2.12 bits per heavy atom. The number of benzene rings is 1. The lowest BCUT2D eigenvalue weighted by molar-refractivity contribution is -0.134. The van der Waals surface area contributed by atoms with Crippen LogP contribution in [0.25, 0.3) is 0 Å². The highest BCUT2D eigenvalue weighted by molar-refractivity contribution is 14.1. The molecule has 0 fully saturated rings. The molecule has 0 aliphatic carbocycles. The topological polar surface area (TPSA) is 35.5 Å². The van der Waals surface area contributed by atoms with Crippen LogP contribution in [0.3, 0.4) is 0 Å². The number of rotatable bonds is 4. The average molecular weight is 330 g/mol. The summed E-state index contributed by atoms with van der Waals surface area (Å²) in [4.78, 5) is 11.3. The van der Waals surface area contributed by atoms with Gasteiger partial charge in [-0.25, -0.2) is 0 Å². The zero-order valence-corrected chi connectivity index (χ0v) is 11.0. The van der Waals surface area contributed by atoms with E-state index in [2.05, 4.69) is 5.92 Å². The summed E-state index contributed by atoms with van der Waals surface area (Å²) in [5.74, 6) is 3.19. The van der Waals surface area contributed by atoms with E-state index in [0.717, 1.165) is 5.56 Å². The largest absolute Gasteiger partial charge is 0.428 e. The van der Waals surface area contributed by atoms with E-state index in [1.807, 2.05) is 13.0 Å². The van der Waals surface area contributed by atoms with E-state index < -0.39 is 0 Å². The predicted octanol–water partition coefficient (Wildman–Crippen LogP) is 3.04. The Morgan fingerprint density at radius 3 is 2.75 bits per heavy atom.